The molecular formula is C6H10NO. The van der Waals surface area contributed by atoms with Crippen LogP contribution in [0.3, 0.4) is 0 Å². The largest absolute Gasteiger partial charge is 0.381 e. The van der Waals surface area contributed by atoms with Gasteiger partial charge >= 0.3 is 0 Å². The molecule has 2 unspecified atom stereocenters. The summed E-state index contributed by atoms with van der Waals surface area (Å²) >= 11 is 0. The molecule has 0 spiro atoms. The third kappa shape index (κ3) is 0.565. The standard InChI is InChI=1S/C6H10NO/c1-5-3-8-4-6(5)2-7-1/h1,5-7H,2-4H2. The molecule has 0 amide bonds. The minimum atomic E-state index is 0.718. The highest BCUT2D eigenvalue weighted by molar-refractivity contribution is 4.92. The molecular weight excluding hydrogens is 102 g/mol. The molecule has 2 aliphatic rings. The highest BCUT2D eigenvalue weighted by Gasteiger charge is 2.32. The van der Waals surface area contributed by atoms with Crippen LogP contribution in [0.4, 0.5) is 0 Å². The molecule has 2 saturated heterocycles. The first-order valence-corrected chi connectivity index (χ1v) is 3.11. The van der Waals surface area contributed by atoms with E-state index >= 15 is 0 Å². The summed E-state index contributed by atoms with van der Waals surface area (Å²) < 4.78 is 5.24. The van der Waals surface area contributed by atoms with Gasteiger partial charge in [0, 0.05) is 24.9 Å². The molecule has 45 valence electrons. The summed E-state index contributed by atoms with van der Waals surface area (Å²) in [7, 11) is 0. The van der Waals surface area contributed by atoms with E-state index in [4.69, 9.17) is 4.74 Å². The van der Waals surface area contributed by atoms with Crippen molar-refractivity contribution < 1.29 is 4.74 Å². The van der Waals surface area contributed by atoms with Gasteiger partial charge in [-0.15, -0.1) is 0 Å². The van der Waals surface area contributed by atoms with Crippen LogP contribution in [-0.2, 0) is 4.74 Å². The number of ether oxygens (including phenoxy) is 1. The van der Waals surface area contributed by atoms with Crippen molar-refractivity contribution in [3.8, 4) is 0 Å². The van der Waals surface area contributed by atoms with Gasteiger partial charge < -0.3 is 10.1 Å². The summed E-state index contributed by atoms with van der Waals surface area (Å²) in [5, 5.41) is 3.22. The Labute approximate surface area is 49.2 Å². The predicted molar refractivity (Wildman–Crippen MR) is 30.1 cm³/mol. The number of hydrogen-bond donors (Lipinski definition) is 1. The highest BCUT2D eigenvalue weighted by Crippen LogP contribution is 2.25. The summed E-state index contributed by atoms with van der Waals surface area (Å²) in [6.07, 6.45) is 0. The fourth-order valence-corrected chi connectivity index (χ4v) is 1.38. The van der Waals surface area contributed by atoms with Gasteiger partial charge in [0.25, 0.3) is 0 Å². The SMILES string of the molecule is [CH]1NCC2COCC12. The Morgan fingerprint density at radius 2 is 2.50 bits per heavy atom. The zero-order valence-corrected chi connectivity index (χ0v) is 4.76. The van der Waals surface area contributed by atoms with Crippen molar-refractivity contribution in [2.75, 3.05) is 19.8 Å². The van der Waals surface area contributed by atoms with Gasteiger partial charge in [-0.3, -0.25) is 0 Å². The van der Waals surface area contributed by atoms with Crippen LogP contribution in [-0.4, -0.2) is 19.8 Å². The molecule has 0 bridgehead atoms. The lowest BCUT2D eigenvalue weighted by molar-refractivity contribution is 0.178. The van der Waals surface area contributed by atoms with Crippen LogP contribution < -0.4 is 5.32 Å². The maximum Gasteiger partial charge on any atom is 0.0513 e. The molecule has 0 saturated carbocycles. The molecule has 0 aromatic carbocycles. The zero-order chi connectivity index (χ0) is 5.40. The summed E-state index contributed by atoms with van der Waals surface area (Å²) in [6.45, 7) is 5.20. The molecule has 2 fully saturated rings. The molecule has 2 nitrogen and oxygen atoms in total. The summed E-state index contributed by atoms with van der Waals surface area (Å²) in [4.78, 5) is 0. The van der Waals surface area contributed by atoms with Gasteiger partial charge in [-0.05, 0) is 0 Å². The maximum atomic E-state index is 5.24. The van der Waals surface area contributed by atoms with Gasteiger partial charge in [-0.1, -0.05) is 0 Å². The average Bonchev–Trinajstić information content (AvgIpc) is 2.15. The van der Waals surface area contributed by atoms with E-state index in [2.05, 4.69) is 11.9 Å². The Balaban J connectivity index is 2.04. The monoisotopic (exact) mass is 112 g/mol. The lowest BCUT2D eigenvalue weighted by Crippen LogP contribution is -2.09. The minimum Gasteiger partial charge on any atom is -0.381 e. The van der Waals surface area contributed by atoms with E-state index in [-0.39, 0.29) is 0 Å². The summed E-state index contributed by atoms with van der Waals surface area (Å²) in [6, 6.07) is 0. The Morgan fingerprint density at radius 3 is 3.38 bits per heavy atom. The smallest absolute Gasteiger partial charge is 0.0513 e. The van der Waals surface area contributed by atoms with E-state index in [1.54, 1.807) is 0 Å². The van der Waals surface area contributed by atoms with Gasteiger partial charge in [-0.25, -0.2) is 0 Å². The van der Waals surface area contributed by atoms with E-state index in [9.17, 15) is 0 Å². The molecule has 2 rings (SSSR count). The van der Waals surface area contributed by atoms with Crippen molar-refractivity contribution >= 4 is 0 Å². The van der Waals surface area contributed by atoms with Crippen LogP contribution in [0.1, 0.15) is 0 Å². The second-order valence-electron chi connectivity index (χ2n) is 2.54. The average molecular weight is 112 g/mol. The fraction of sp³-hybridized carbons (Fsp3) is 0.833. The zero-order valence-electron chi connectivity index (χ0n) is 4.76. The second kappa shape index (κ2) is 1.71. The van der Waals surface area contributed by atoms with Crippen molar-refractivity contribution in [2.45, 2.75) is 0 Å². The third-order valence-corrected chi connectivity index (χ3v) is 1.96. The van der Waals surface area contributed by atoms with Gasteiger partial charge in [0.15, 0.2) is 0 Å². The Bertz CT molecular complexity index is 74.5. The quantitative estimate of drug-likeness (QED) is 0.477. The van der Waals surface area contributed by atoms with Crippen LogP contribution in [0.2, 0.25) is 0 Å². The van der Waals surface area contributed by atoms with Gasteiger partial charge in [-0.2, -0.15) is 0 Å². The Hall–Kier alpha value is -0.0800. The maximum absolute atomic E-state index is 5.24. The first-order valence-electron chi connectivity index (χ1n) is 3.11. The van der Waals surface area contributed by atoms with Crippen molar-refractivity contribution in [1.82, 2.24) is 5.32 Å². The lowest BCUT2D eigenvalue weighted by Gasteiger charge is -1.99. The molecule has 0 aliphatic carbocycles. The van der Waals surface area contributed by atoms with E-state index in [0.29, 0.717) is 0 Å². The van der Waals surface area contributed by atoms with Crippen molar-refractivity contribution in [3.63, 3.8) is 0 Å². The molecule has 2 heterocycles. The molecule has 1 radical (unpaired) electrons. The number of hydrogen-bond acceptors (Lipinski definition) is 2. The van der Waals surface area contributed by atoms with E-state index in [0.717, 1.165) is 31.6 Å². The van der Waals surface area contributed by atoms with Crippen LogP contribution in [0, 0.1) is 18.4 Å². The van der Waals surface area contributed by atoms with Crippen LogP contribution in [0.25, 0.3) is 0 Å². The van der Waals surface area contributed by atoms with Crippen molar-refractivity contribution in [2.24, 2.45) is 11.8 Å². The molecule has 0 aromatic heterocycles. The second-order valence-corrected chi connectivity index (χ2v) is 2.54. The molecule has 2 heteroatoms. The molecule has 0 aromatic rings. The van der Waals surface area contributed by atoms with E-state index < -0.39 is 0 Å². The van der Waals surface area contributed by atoms with Crippen LogP contribution in [0.5, 0.6) is 0 Å². The van der Waals surface area contributed by atoms with Gasteiger partial charge in [0.2, 0.25) is 0 Å². The fourth-order valence-electron chi connectivity index (χ4n) is 1.38. The van der Waals surface area contributed by atoms with Gasteiger partial charge in [0.05, 0.1) is 13.2 Å². The first kappa shape index (κ1) is 4.77. The molecule has 8 heavy (non-hydrogen) atoms. The predicted octanol–water partition coefficient (Wildman–Crippen LogP) is 0.0140. The minimum absolute atomic E-state index is 0.718. The van der Waals surface area contributed by atoms with Crippen molar-refractivity contribution in [1.29, 1.82) is 0 Å². The highest BCUT2D eigenvalue weighted by atomic mass is 16.5. The summed E-state index contributed by atoms with van der Waals surface area (Å²) in [5.41, 5.74) is 0. The first-order chi connectivity index (χ1) is 3.97. The Morgan fingerprint density at radius 1 is 1.50 bits per heavy atom. The molecule has 2 aliphatic heterocycles. The number of fused-ring (bicyclic) bond motifs is 1. The molecule has 1 N–H and O–H groups in total. The number of rotatable bonds is 0. The third-order valence-electron chi connectivity index (χ3n) is 1.96. The van der Waals surface area contributed by atoms with Gasteiger partial charge in [0.1, 0.15) is 0 Å². The van der Waals surface area contributed by atoms with Crippen LogP contribution in [0.15, 0.2) is 0 Å². The van der Waals surface area contributed by atoms with E-state index in [1.807, 2.05) is 0 Å². The summed E-state index contributed by atoms with van der Waals surface area (Å²) in [5.74, 6) is 1.50. The van der Waals surface area contributed by atoms with Crippen LogP contribution >= 0.6 is 0 Å². The lowest BCUT2D eigenvalue weighted by atomic mass is 10.0. The normalized spacial score (nSPS) is 45.0. The van der Waals surface area contributed by atoms with Crippen molar-refractivity contribution in [3.05, 3.63) is 6.54 Å². The molecule has 2 atom stereocenters. The Kier molecular flexibility index (Phi) is 1.02. The topological polar surface area (TPSA) is 21.3 Å². The number of nitrogens with one attached hydrogen (secondary N) is 1. The van der Waals surface area contributed by atoms with E-state index in [1.165, 1.54) is 0 Å².